The third-order valence-electron chi connectivity index (χ3n) is 2.37. The zero-order valence-electron chi connectivity index (χ0n) is 8.03. The van der Waals surface area contributed by atoms with Gasteiger partial charge in [-0.2, -0.15) is 0 Å². The van der Waals surface area contributed by atoms with Gasteiger partial charge in [0.1, 0.15) is 4.84 Å². The number of aromatic nitrogens is 1. The van der Waals surface area contributed by atoms with E-state index in [2.05, 4.69) is 11.9 Å². The molecule has 2 aromatic rings. The third-order valence-corrected chi connectivity index (χ3v) is 2.98. The van der Waals surface area contributed by atoms with E-state index in [9.17, 15) is 0 Å². The molecule has 1 atom stereocenters. The second kappa shape index (κ2) is 4.38. The molecule has 2 rings (SSSR count). The minimum atomic E-state index is -0.516. The van der Waals surface area contributed by atoms with Crippen molar-refractivity contribution < 1.29 is 0 Å². The molecular formula is C12H10Cl2N. The van der Waals surface area contributed by atoms with Crippen LogP contribution in [0.2, 0.25) is 0 Å². The molecule has 0 aliphatic rings. The summed E-state index contributed by atoms with van der Waals surface area (Å²) < 4.78 is 0. The fourth-order valence-electron chi connectivity index (χ4n) is 1.56. The lowest BCUT2D eigenvalue weighted by Crippen LogP contribution is -2.04. The molecule has 77 valence electrons. The average Bonchev–Trinajstić information content (AvgIpc) is 2.27. The van der Waals surface area contributed by atoms with Crippen molar-refractivity contribution in [1.82, 2.24) is 4.98 Å². The van der Waals surface area contributed by atoms with Crippen molar-refractivity contribution >= 4 is 34.1 Å². The molecular weight excluding hydrogens is 229 g/mol. The average molecular weight is 239 g/mol. The van der Waals surface area contributed by atoms with Gasteiger partial charge in [-0.3, -0.25) is 4.98 Å². The Bertz CT molecular complexity index is 463. The molecule has 0 saturated carbocycles. The van der Waals surface area contributed by atoms with Gasteiger partial charge in [0, 0.05) is 17.5 Å². The summed E-state index contributed by atoms with van der Waals surface area (Å²) in [4.78, 5) is 3.81. The van der Waals surface area contributed by atoms with Crippen molar-refractivity contribution in [3.63, 3.8) is 0 Å². The van der Waals surface area contributed by atoms with Gasteiger partial charge >= 0.3 is 0 Å². The Morgan fingerprint density at radius 2 is 1.87 bits per heavy atom. The summed E-state index contributed by atoms with van der Waals surface area (Å²) in [5.41, 5.74) is 1.91. The summed E-state index contributed by atoms with van der Waals surface area (Å²) in [5, 5.41) is 1.08. The van der Waals surface area contributed by atoms with Crippen LogP contribution < -0.4 is 0 Å². The van der Waals surface area contributed by atoms with E-state index in [1.54, 1.807) is 6.20 Å². The Morgan fingerprint density at radius 3 is 2.60 bits per heavy atom. The Hall–Kier alpha value is -0.790. The van der Waals surface area contributed by atoms with E-state index in [0.29, 0.717) is 0 Å². The van der Waals surface area contributed by atoms with Crippen LogP contribution in [0, 0.1) is 6.92 Å². The molecule has 0 spiro atoms. The van der Waals surface area contributed by atoms with Crippen LogP contribution in [0.1, 0.15) is 11.5 Å². The van der Waals surface area contributed by atoms with Crippen LogP contribution >= 0.6 is 23.2 Å². The Kier molecular flexibility index (Phi) is 3.13. The van der Waals surface area contributed by atoms with Crippen LogP contribution in [0.3, 0.4) is 0 Å². The highest BCUT2D eigenvalue weighted by molar-refractivity contribution is 6.44. The summed E-state index contributed by atoms with van der Waals surface area (Å²) in [6.07, 6.45) is 1.76. The van der Waals surface area contributed by atoms with Crippen molar-refractivity contribution in [3.05, 3.63) is 49.0 Å². The van der Waals surface area contributed by atoms with Gasteiger partial charge in [-0.1, -0.05) is 24.3 Å². The SMILES string of the molecule is [CH2]C(c1cccc2cccnc12)C(Cl)Cl. The largest absolute Gasteiger partial charge is 0.256 e. The molecule has 0 bridgehead atoms. The Morgan fingerprint density at radius 1 is 1.13 bits per heavy atom. The number of alkyl halides is 2. The number of pyridine rings is 1. The quantitative estimate of drug-likeness (QED) is 0.723. The van der Waals surface area contributed by atoms with E-state index >= 15 is 0 Å². The van der Waals surface area contributed by atoms with E-state index in [-0.39, 0.29) is 5.92 Å². The second-order valence-corrected chi connectivity index (χ2v) is 4.53. The van der Waals surface area contributed by atoms with Gasteiger partial charge in [0.15, 0.2) is 0 Å². The van der Waals surface area contributed by atoms with Crippen LogP contribution in [-0.2, 0) is 0 Å². The van der Waals surface area contributed by atoms with E-state index in [4.69, 9.17) is 23.2 Å². The third kappa shape index (κ3) is 2.09. The first-order valence-electron chi connectivity index (χ1n) is 4.65. The van der Waals surface area contributed by atoms with Crippen LogP contribution in [0.15, 0.2) is 36.5 Å². The maximum atomic E-state index is 5.84. The van der Waals surface area contributed by atoms with Crippen LogP contribution in [0.5, 0.6) is 0 Å². The summed E-state index contributed by atoms with van der Waals surface area (Å²) in [6.45, 7) is 3.95. The monoisotopic (exact) mass is 238 g/mol. The first-order chi connectivity index (χ1) is 7.20. The number of halogens is 2. The lowest BCUT2D eigenvalue weighted by atomic mass is 9.99. The number of nitrogens with zero attached hydrogens (tertiary/aromatic N) is 1. The van der Waals surface area contributed by atoms with Gasteiger partial charge in [0.05, 0.1) is 5.52 Å². The highest BCUT2D eigenvalue weighted by Crippen LogP contribution is 2.29. The summed E-state index contributed by atoms with van der Waals surface area (Å²) in [7, 11) is 0. The maximum Gasteiger partial charge on any atom is 0.114 e. The number of para-hydroxylation sites is 1. The normalized spacial score (nSPS) is 13.3. The van der Waals surface area contributed by atoms with Crippen molar-refractivity contribution in [2.45, 2.75) is 10.8 Å². The van der Waals surface area contributed by atoms with E-state index < -0.39 is 4.84 Å². The Labute approximate surface area is 99.0 Å². The minimum Gasteiger partial charge on any atom is -0.256 e. The molecule has 1 unspecified atom stereocenters. The highest BCUT2D eigenvalue weighted by Gasteiger charge is 2.16. The van der Waals surface area contributed by atoms with Gasteiger partial charge in [-0.25, -0.2) is 0 Å². The maximum absolute atomic E-state index is 5.84. The molecule has 0 N–H and O–H groups in total. The molecule has 1 heterocycles. The van der Waals surface area contributed by atoms with Gasteiger partial charge in [-0.05, 0) is 18.6 Å². The van der Waals surface area contributed by atoms with Gasteiger partial charge < -0.3 is 0 Å². The first-order valence-corrected chi connectivity index (χ1v) is 5.52. The molecule has 1 aromatic heterocycles. The second-order valence-electron chi connectivity index (χ2n) is 3.36. The number of rotatable bonds is 2. The van der Waals surface area contributed by atoms with Crippen LogP contribution in [0.25, 0.3) is 10.9 Å². The van der Waals surface area contributed by atoms with Gasteiger partial charge in [-0.15, -0.1) is 23.2 Å². The van der Waals surface area contributed by atoms with E-state index in [0.717, 1.165) is 16.5 Å². The van der Waals surface area contributed by atoms with Crippen LogP contribution in [-0.4, -0.2) is 9.82 Å². The molecule has 1 nitrogen and oxygen atoms in total. The number of fused-ring (bicyclic) bond motifs is 1. The summed E-state index contributed by atoms with van der Waals surface area (Å²) in [6, 6.07) is 9.85. The number of hydrogen-bond donors (Lipinski definition) is 0. The van der Waals surface area contributed by atoms with Gasteiger partial charge in [0.25, 0.3) is 0 Å². The smallest absolute Gasteiger partial charge is 0.114 e. The molecule has 15 heavy (non-hydrogen) atoms. The van der Waals surface area contributed by atoms with Crippen molar-refractivity contribution in [2.75, 3.05) is 0 Å². The van der Waals surface area contributed by atoms with Crippen molar-refractivity contribution in [3.8, 4) is 0 Å². The molecule has 0 amide bonds. The molecule has 0 fully saturated rings. The molecule has 0 aliphatic heterocycles. The molecule has 3 heteroatoms. The minimum absolute atomic E-state index is 0.160. The lowest BCUT2D eigenvalue weighted by Gasteiger charge is -2.14. The number of hydrogen-bond acceptors (Lipinski definition) is 1. The van der Waals surface area contributed by atoms with E-state index in [1.807, 2.05) is 30.3 Å². The molecule has 1 aromatic carbocycles. The van der Waals surface area contributed by atoms with Crippen molar-refractivity contribution in [1.29, 1.82) is 0 Å². The van der Waals surface area contributed by atoms with E-state index in [1.165, 1.54) is 0 Å². The Balaban J connectivity index is 2.60. The molecule has 0 aliphatic carbocycles. The van der Waals surface area contributed by atoms with Crippen molar-refractivity contribution in [2.24, 2.45) is 0 Å². The zero-order valence-corrected chi connectivity index (χ0v) is 9.54. The topological polar surface area (TPSA) is 12.9 Å². The number of benzene rings is 1. The fourth-order valence-corrected chi connectivity index (χ4v) is 1.83. The fraction of sp³-hybridized carbons (Fsp3) is 0.167. The predicted molar refractivity (Wildman–Crippen MR) is 65.3 cm³/mol. The summed E-state index contributed by atoms with van der Waals surface area (Å²) in [5.74, 6) is -0.160. The molecule has 0 saturated heterocycles. The summed E-state index contributed by atoms with van der Waals surface area (Å²) >= 11 is 11.7. The lowest BCUT2D eigenvalue weighted by molar-refractivity contribution is 0.930. The predicted octanol–water partition coefficient (Wildman–Crippen LogP) is 3.96. The highest BCUT2D eigenvalue weighted by atomic mass is 35.5. The zero-order chi connectivity index (χ0) is 10.8. The standard InChI is InChI=1S/C12H10Cl2N/c1-8(12(13)14)10-6-2-4-9-5-3-7-15-11(9)10/h2-8,12H,1H2. The first kappa shape index (κ1) is 10.7. The van der Waals surface area contributed by atoms with Crippen LogP contribution in [0.4, 0.5) is 0 Å². The van der Waals surface area contributed by atoms with Gasteiger partial charge in [0.2, 0.25) is 0 Å². The molecule has 1 radical (unpaired) electrons.